The summed E-state index contributed by atoms with van der Waals surface area (Å²) in [6.07, 6.45) is 4.38. The predicted octanol–water partition coefficient (Wildman–Crippen LogP) is 5.99. The van der Waals surface area contributed by atoms with E-state index in [0.29, 0.717) is 11.4 Å². The number of fused-ring (bicyclic) bond motifs is 3. The number of hydrogen-bond acceptors (Lipinski definition) is 2. The Labute approximate surface area is 205 Å². The van der Waals surface area contributed by atoms with Crippen LogP contribution in [0.3, 0.4) is 0 Å². The number of hydrogen-bond donors (Lipinski definition) is 0. The predicted molar refractivity (Wildman–Crippen MR) is 135 cm³/mol. The van der Waals surface area contributed by atoms with Gasteiger partial charge in [0, 0.05) is 23.7 Å². The van der Waals surface area contributed by atoms with Crippen molar-refractivity contribution in [1.82, 2.24) is 9.47 Å². The highest BCUT2D eigenvalue weighted by Gasteiger charge is 2.40. The van der Waals surface area contributed by atoms with E-state index in [-0.39, 0.29) is 35.9 Å². The van der Waals surface area contributed by atoms with E-state index in [2.05, 4.69) is 31.4 Å². The summed E-state index contributed by atoms with van der Waals surface area (Å²) in [6.45, 7) is 6.26. The monoisotopic (exact) mass is 475 g/mol. The molecule has 5 rings (SSSR count). The van der Waals surface area contributed by atoms with E-state index in [0.717, 1.165) is 35.5 Å². The number of halogens is 1. The Balaban J connectivity index is 1.55. The molecule has 0 N–H and O–H groups in total. The van der Waals surface area contributed by atoms with E-state index in [1.54, 1.807) is 0 Å². The zero-order valence-electron chi connectivity index (χ0n) is 19.9. The Morgan fingerprint density at radius 1 is 0.971 bits per heavy atom. The lowest BCUT2D eigenvalue weighted by Gasteiger charge is -2.39. The molecule has 6 heteroatoms. The maximum Gasteiger partial charge on any atom is 0.247 e. The Morgan fingerprint density at radius 3 is 2.29 bits per heavy atom. The molecule has 1 saturated carbocycles. The lowest BCUT2D eigenvalue weighted by Crippen LogP contribution is -2.47. The van der Waals surface area contributed by atoms with Crippen molar-refractivity contribution >= 4 is 29.1 Å². The fourth-order valence-corrected chi connectivity index (χ4v) is 4.93. The standard InChI is InChI=1S/C28H30ClN3O2/c1-28(2,3)17-25(33)31(21-14-15-21)18-26(34)32-23-8-5-4-7-22(23)30-16-6-9-24(30)27(32)19-10-12-20(29)13-11-19/h4-13,16,21,27H,14-15,17-18H2,1-3H3. The van der Waals surface area contributed by atoms with Crippen molar-refractivity contribution in [3.63, 3.8) is 0 Å². The van der Waals surface area contributed by atoms with E-state index in [9.17, 15) is 9.59 Å². The summed E-state index contributed by atoms with van der Waals surface area (Å²) in [5.74, 6) is -0.0194. The normalized spacial score (nSPS) is 17.2. The van der Waals surface area contributed by atoms with Crippen molar-refractivity contribution in [2.45, 2.75) is 52.1 Å². The number of carbonyl (C=O) groups excluding carboxylic acids is 2. The minimum Gasteiger partial charge on any atom is -0.330 e. The molecule has 176 valence electrons. The second-order valence-corrected chi connectivity index (χ2v) is 10.9. The van der Waals surface area contributed by atoms with Crippen LogP contribution in [0.5, 0.6) is 0 Å². The van der Waals surface area contributed by atoms with Crippen LogP contribution >= 0.6 is 11.6 Å². The summed E-state index contributed by atoms with van der Waals surface area (Å²) >= 11 is 6.18. The van der Waals surface area contributed by atoms with Gasteiger partial charge in [0.25, 0.3) is 0 Å². The molecule has 2 aromatic carbocycles. The van der Waals surface area contributed by atoms with Crippen molar-refractivity contribution < 1.29 is 9.59 Å². The number of anilines is 1. The first-order chi connectivity index (χ1) is 16.2. The first-order valence-corrected chi connectivity index (χ1v) is 12.2. The van der Waals surface area contributed by atoms with Gasteiger partial charge in [0.2, 0.25) is 11.8 Å². The molecule has 1 aliphatic heterocycles. The van der Waals surface area contributed by atoms with Gasteiger partial charge in [0.05, 0.1) is 17.1 Å². The van der Waals surface area contributed by atoms with E-state index in [4.69, 9.17) is 11.6 Å². The van der Waals surface area contributed by atoms with E-state index < -0.39 is 0 Å². The lowest BCUT2D eigenvalue weighted by atomic mass is 9.91. The Hall–Kier alpha value is -3.05. The van der Waals surface area contributed by atoms with Gasteiger partial charge in [-0.05, 0) is 60.2 Å². The molecule has 0 spiro atoms. The van der Waals surface area contributed by atoms with Gasteiger partial charge in [-0.3, -0.25) is 14.5 Å². The topological polar surface area (TPSA) is 45.6 Å². The molecular formula is C28H30ClN3O2. The van der Waals surface area contributed by atoms with Crippen LogP contribution in [0.15, 0.2) is 66.9 Å². The fourth-order valence-electron chi connectivity index (χ4n) is 4.81. The molecular weight excluding hydrogens is 446 g/mol. The third-order valence-corrected chi connectivity index (χ3v) is 6.72. The van der Waals surface area contributed by atoms with Crippen LogP contribution in [0, 0.1) is 5.41 Å². The number of amides is 2. The van der Waals surface area contributed by atoms with Crippen LogP contribution < -0.4 is 4.90 Å². The number of para-hydroxylation sites is 2. The molecule has 5 nitrogen and oxygen atoms in total. The summed E-state index contributed by atoms with van der Waals surface area (Å²) in [5, 5.41) is 0.654. The van der Waals surface area contributed by atoms with Gasteiger partial charge >= 0.3 is 0 Å². The summed E-state index contributed by atoms with van der Waals surface area (Å²) in [4.78, 5) is 30.9. The zero-order valence-corrected chi connectivity index (χ0v) is 20.6. The second-order valence-electron chi connectivity index (χ2n) is 10.5. The average Bonchev–Trinajstić information content (AvgIpc) is 3.51. The Morgan fingerprint density at radius 2 is 1.65 bits per heavy atom. The van der Waals surface area contributed by atoms with Crippen LogP contribution in [-0.4, -0.2) is 33.9 Å². The number of carbonyl (C=O) groups is 2. The zero-order chi connectivity index (χ0) is 24.0. The van der Waals surface area contributed by atoms with Gasteiger partial charge in [-0.2, -0.15) is 0 Å². The molecule has 1 atom stereocenters. The van der Waals surface area contributed by atoms with E-state index in [1.807, 2.05) is 70.6 Å². The SMILES string of the molecule is CC(C)(C)CC(=O)N(CC(=O)N1c2ccccc2-n2cccc2C1c1ccc(Cl)cc1)C1CC1. The highest BCUT2D eigenvalue weighted by molar-refractivity contribution is 6.30. The molecule has 1 fully saturated rings. The molecule has 0 bridgehead atoms. The first kappa shape index (κ1) is 22.7. The van der Waals surface area contributed by atoms with Crippen LogP contribution in [0.25, 0.3) is 5.69 Å². The number of benzene rings is 2. The molecule has 2 amide bonds. The molecule has 1 aliphatic carbocycles. The van der Waals surface area contributed by atoms with Crippen molar-refractivity contribution in [1.29, 1.82) is 0 Å². The van der Waals surface area contributed by atoms with Crippen LogP contribution in [-0.2, 0) is 9.59 Å². The minimum absolute atomic E-state index is 0.0556. The van der Waals surface area contributed by atoms with Crippen molar-refractivity contribution in [3.05, 3.63) is 83.1 Å². The summed E-state index contributed by atoms with van der Waals surface area (Å²) < 4.78 is 2.14. The average molecular weight is 476 g/mol. The van der Waals surface area contributed by atoms with E-state index >= 15 is 0 Å². The molecule has 2 heterocycles. The van der Waals surface area contributed by atoms with Gasteiger partial charge in [-0.15, -0.1) is 0 Å². The van der Waals surface area contributed by atoms with Gasteiger partial charge in [0.15, 0.2) is 0 Å². The van der Waals surface area contributed by atoms with Gasteiger partial charge in [-0.1, -0.05) is 56.6 Å². The third kappa shape index (κ3) is 4.37. The van der Waals surface area contributed by atoms with Crippen molar-refractivity contribution in [3.8, 4) is 5.69 Å². The molecule has 2 aliphatic rings. The smallest absolute Gasteiger partial charge is 0.247 e. The summed E-state index contributed by atoms with van der Waals surface area (Å²) in [5.41, 5.74) is 3.66. The van der Waals surface area contributed by atoms with Crippen molar-refractivity contribution in [2.24, 2.45) is 5.41 Å². The molecule has 1 unspecified atom stereocenters. The van der Waals surface area contributed by atoms with E-state index in [1.165, 1.54) is 0 Å². The van der Waals surface area contributed by atoms with Crippen LogP contribution in [0.1, 0.15) is 57.3 Å². The molecule has 0 saturated heterocycles. The Kier molecular flexibility index (Phi) is 5.76. The number of rotatable bonds is 5. The third-order valence-electron chi connectivity index (χ3n) is 6.47. The highest BCUT2D eigenvalue weighted by Crippen LogP contribution is 2.43. The van der Waals surface area contributed by atoms with Gasteiger partial charge in [0.1, 0.15) is 12.6 Å². The van der Waals surface area contributed by atoms with Crippen molar-refractivity contribution in [2.75, 3.05) is 11.4 Å². The molecule has 1 aromatic heterocycles. The van der Waals surface area contributed by atoms with Crippen LogP contribution in [0.4, 0.5) is 5.69 Å². The second kappa shape index (κ2) is 8.62. The summed E-state index contributed by atoms with van der Waals surface area (Å²) in [7, 11) is 0. The number of aromatic nitrogens is 1. The minimum atomic E-state index is -0.312. The number of nitrogens with zero attached hydrogens (tertiary/aromatic N) is 3. The first-order valence-electron chi connectivity index (χ1n) is 11.9. The summed E-state index contributed by atoms with van der Waals surface area (Å²) in [6, 6.07) is 19.5. The lowest BCUT2D eigenvalue weighted by molar-refractivity contribution is -0.137. The molecule has 3 aromatic rings. The van der Waals surface area contributed by atoms with Crippen LogP contribution in [0.2, 0.25) is 5.02 Å². The van der Waals surface area contributed by atoms with Gasteiger partial charge < -0.3 is 9.47 Å². The quantitative estimate of drug-likeness (QED) is 0.454. The highest BCUT2D eigenvalue weighted by atomic mass is 35.5. The Bertz CT molecular complexity index is 1220. The maximum atomic E-state index is 14.1. The van der Waals surface area contributed by atoms with Gasteiger partial charge in [-0.25, -0.2) is 0 Å². The largest absolute Gasteiger partial charge is 0.330 e. The fraction of sp³-hybridized carbons (Fsp3) is 0.357. The maximum absolute atomic E-state index is 14.1. The molecule has 34 heavy (non-hydrogen) atoms. The molecule has 0 radical (unpaired) electrons.